The molecule has 18 heavy (non-hydrogen) atoms. The summed E-state index contributed by atoms with van der Waals surface area (Å²) in [5, 5.41) is 21.5. The van der Waals surface area contributed by atoms with Crippen molar-refractivity contribution in [3.05, 3.63) is 18.1 Å². The smallest absolute Gasteiger partial charge is 0.356 e. The number of aliphatic hydroxyl groups is 1. The lowest BCUT2D eigenvalue weighted by atomic mass is 10.0. The van der Waals surface area contributed by atoms with Crippen LogP contribution in [0.5, 0.6) is 0 Å². The molecule has 100 valence electrons. The summed E-state index contributed by atoms with van der Waals surface area (Å²) >= 11 is 0. The molecule has 1 aromatic heterocycles. The van der Waals surface area contributed by atoms with Gasteiger partial charge in [-0.3, -0.25) is 0 Å². The van der Waals surface area contributed by atoms with Gasteiger partial charge in [0.05, 0.1) is 18.0 Å². The summed E-state index contributed by atoms with van der Waals surface area (Å²) in [6.45, 7) is 2.41. The second kappa shape index (κ2) is 6.27. The van der Waals surface area contributed by atoms with Crippen molar-refractivity contribution in [3.63, 3.8) is 0 Å². The summed E-state index contributed by atoms with van der Waals surface area (Å²) in [6.07, 6.45) is 2.96. The van der Waals surface area contributed by atoms with Gasteiger partial charge in [-0.25, -0.2) is 14.8 Å². The van der Waals surface area contributed by atoms with E-state index >= 15 is 0 Å². The number of aromatic nitrogens is 2. The minimum absolute atomic E-state index is 0.119. The second-order valence-corrected chi connectivity index (χ2v) is 4.19. The van der Waals surface area contributed by atoms with Gasteiger partial charge in [0.15, 0.2) is 5.69 Å². The molecule has 0 saturated heterocycles. The van der Waals surface area contributed by atoms with E-state index in [-0.39, 0.29) is 12.2 Å². The van der Waals surface area contributed by atoms with Crippen molar-refractivity contribution in [2.24, 2.45) is 0 Å². The maximum Gasteiger partial charge on any atom is 0.356 e. The van der Waals surface area contributed by atoms with E-state index in [1.807, 2.05) is 0 Å². The molecule has 1 rings (SSSR count). The number of aromatic carboxylic acids is 1. The van der Waals surface area contributed by atoms with Gasteiger partial charge in [0, 0.05) is 26.7 Å². The Morgan fingerprint density at radius 1 is 1.50 bits per heavy atom. The highest BCUT2D eigenvalue weighted by molar-refractivity contribution is 5.84. The second-order valence-electron chi connectivity index (χ2n) is 4.19. The van der Waals surface area contributed by atoms with Crippen LogP contribution in [-0.4, -0.2) is 52.0 Å². The van der Waals surface area contributed by atoms with Crippen molar-refractivity contribution in [1.29, 1.82) is 0 Å². The molecule has 1 aromatic rings. The van der Waals surface area contributed by atoms with Gasteiger partial charge in [0.25, 0.3) is 0 Å². The predicted octanol–water partition coefficient (Wildman–Crippen LogP) is 0.374. The molecule has 0 amide bonds. The average Bonchev–Trinajstić information content (AvgIpc) is 2.35. The lowest BCUT2D eigenvalue weighted by Gasteiger charge is -2.23. The monoisotopic (exact) mass is 255 g/mol. The average molecular weight is 255 g/mol. The number of nitrogens with zero attached hydrogens (tertiary/aromatic N) is 2. The molecule has 0 aliphatic rings. The molecule has 0 bridgehead atoms. The van der Waals surface area contributed by atoms with Crippen LogP contribution >= 0.6 is 0 Å². The van der Waals surface area contributed by atoms with Crippen molar-refractivity contribution >= 4 is 11.8 Å². The Morgan fingerprint density at radius 2 is 2.22 bits per heavy atom. The zero-order chi connectivity index (χ0) is 13.6. The van der Waals surface area contributed by atoms with Gasteiger partial charge in [-0.1, -0.05) is 0 Å². The zero-order valence-electron chi connectivity index (χ0n) is 10.4. The van der Waals surface area contributed by atoms with E-state index < -0.39 is 11.6 Å². The first kappa shape index (κ1) is 14.3. The Hall–Kier alpha value is -1.73. The van der Waals surface area contributed by atoms with Gasteiger partial charge in [-0.15, -0.1) is 0 Å². The summed E-state index contributed by atoms with van der Waals surface area (Å²) in [6, 6.07) is 0. The summed E-state index contributed by atoms with van der Waals surface area (Å²) in [4.78, 5) is 18.2. The molecule has 7 heteroatoms. The molecule has 0 radical (unpaired) electrons. The quantitative estimate of drug-likeness (QED) is 0.646. The Morgan fingerprint density at radius 3 is 2.72 bits per heavy atom. The summed E-state index contributed by atoms with van der Waals surface area (Å²) in [7, 11) is 1.57. The Labute approximate surface area is 105 Å². The molecule has 1 unspecified atom stereocenters. The molecule has 3 N–H and O–H groups in total. The molecule has 0 aliphatic heterocycles. The van der Waals surface area contributed by atoms with Crippen molar-refractivity contribution in [1.82, 2.24) is 9.97 Å². The molecule has 0 spiro atoms. The highest BCUT2D eigenvalue weighted by Gasteiger charge is 2.19. The highest BCUT2D eigenvalue weighted by atomic mass is 16.5. The van der Waals surface area contributed by atoms with Gasteiger partial charge < -0.3 is 20.3 Å². The summed E-state index contributed by atoms with van der Waals surface area (Å²) in [5.74, 6) is -0.709. The van der Waals surface area contributed by atoms with E-state index in [1.165, 1.54) is 6.20 Å². The first-order valence-electron chi connectivity index (χ1n) is 5.45. The van der Waals surface area contributed by atoms with E-state index in [4.69, 9.17) is 9.84 Å². The summed E-state index contributed by atoms with van der Waals surface area (Å²) < 4.78 is 4.89. The van der Waals surface area contributed by atoms with Gasteiger partial charge in [-0.05, 0) is 6.92 Å². The van der Waals surface area contributed by atoms with Gasteiger partial charge in [0.1, 0.15) is 5.82 Å². The minimum atomic E-state index is -1.12. The molecule has 0 fully saturated rings. The topological polar surface area (TPSA) is 105 Å². The molecule has 1 atom stereocenters. The predicted molar refractivity (Wildman–Crippen MR) is 64.6 cm³/mol. The van der Waals surface area contributed by atoms with E-state index in [2.05, 4.69) is 15.3 Å². The van der Waals surface area contributed by atoms with Crippen molar-refractivity contribution in [2.75, 3.05) is 25.6 Å². The number of hydrogen-bond acceptors (Lipinski definition) is 6. The van der Waals surface area contributed by atoms with Crippen LogP contribution in [0.15, 0.2) is 12.4 Å². The lowest BCUT2D eigenvalue weighted by molar-refractivity contribution is 0.0356. The number of methoxy groups -OCH3 is 1. The SMILES string of the molecule is COCCC(C)(O)CNc1cnc(C(=O)O)cn1. The molecule has 7 nitrogen and oxygen atoms in total. The third-order valence-corrected chi connectivity index (χ3v) is 2.37. The molecule has 0 aromatic carbocycles. The summed E-state index contributed by atoms with van der Waals surface area (Å²) in [5.41, 5.74) is -1.05. The number of carboxylic acids is 1. The number of rotatable bonds is 7. The van der Waals surface area contributed by atoms with Crippen LogP contribution in [0.3, 0.4) is 0 Å². The van der Waals surface area contributed by atoms with E-state index in [0.29, 0.717) is 18.8 Å². The number of hydrogen-bond donors (Lipinski definition) is 3. The third kappa shape index (κ3) is 4.64. The van der Waals surface area contributed by atoms with Gasteiger partial charge >= 0.3 is 5.97 Å². The largest absolute Gasteiger partial charge is 0.476 e. The maximum atomic E-state index is 10.6. The van der Waals surface area contributed by atoms with Crippen LogP contribution in [0.1, 0.15) is 23.8 Å². The molecular weight excluding hydrogens is 238 g/mol. The molecule has 1 heterocycles. The van der Waals surface area contributed by atoms with E-state index in [1.54, 1.807) is 14.0 Å². The van der Waals surface area contributed by atoms with Crippen LogP contribution in [0.4, 0.5) is 5.82 Å². The molecule has 0 saturated carbocycles. The first-order chi connectivity index (χ1) is 8.44. The molecular formula is C11H17N3O4. The number of carboxylic acid groups (broad SMARTS) is 1. The van der Waals surface area contributed by atoms with Crippen LogP contribution in [0.2, 0.25) is 0 Å². The van der Waals surface area contributed by atoms with Crippen LogP contribution in [0.25, 0.3) is 0 Å². The van der Waals surface area contributed by atoms with Crippen LogP contribution < -0.4 is 5.32 Å². The zero-order valence-corrected chi connectivity index (χ0v) is 10.4. The van der Waals surface area contributed by atoms with Gasteiger partial charge in [-0.2, -0.15) is 0 Å². The van der Waals surface area contributed by atoms with Crippen molar-refractivity contribution < 1.29 is 19.7 Å². The third-order valence-electron chi connectivity index (χ3n) is 2.37. The van der Waals surface area contributed by atoms with Gasteiger partial charge in [0.2, 0.25) is 0 Å². The minimum Gasteiger partial charge on any atom is -0.476 e. The Bertz CT molecular complexity index is 392. The number of carbonyl (C=O) groups is 1. The lowest BCUT2D eigenvalue weighted by Crippen LogP contribution is -2.34. The maximum absolute atomic E-state index is 10.6. The number of anilines is 1. The number of nitrogens with one attached hydrogen (secondary N) is 1. The molecule has 0 aliphatic carbocycles. The van der Waals surface area contributed by atoms with Crippen molar-refractivity contribution in [3.8, 4) is 0 Å². The van der Waals surface area contributed by atoms with Crippen molar-refractivity contribution in [2.45, 2.75) is 18.9 Å². The fourth-order valence-corrected chi connectivity index (χ4v) is 1.22. The number of ether oxygens (including phenoxy) is 1. The fraction of sp³-hybridized carbons (Fsp3) is 0.545. The normalized spacial score (nSPS) is 13.9. The van der Waals surface area contributed by atoms with Crippen LogP contribution in [-0.2, 0) is 4.74 Å². The van der Waals surface area contributed by atoms with E-state index in [0.717, 1.165) is 6.20 Å². The Balaban J connectivity index is 2.50. The first-order valence-corrected chi connectivity index (χ1v) is 5.45. The Kier molecular flexibility index (Phi) is 4.99. The van der Waals surface area contributed by atoms with Crippen LogP contribution in [0, 0.1) is 0 Å². The fourth-order valence-electron chi connectivity index (χ4n) is 1.22. The van der Waals surface area contributed by atoms with E-state index in [9.17, 15) is 9.90 Å². The highest BCUT2D eigenvalue weighted by Crippen LogP contribution is 2.10. The standard InChI is InChI=1S/C11H17N3O4/c1-11(17,3-4-18-2)7-14-9-6-12-8(5-13-9)10(15)16/h5-6,17H,3-4,7H2,1-2H3,(H,13,14)(H,15,16).